The zero-order valence-electron chi connectivity index (χ0n) is 11.5. The lowest BCUT2D eigenvalue weighted by atomic mass is 9.83. The van der Waals surface area contributed by atoms with Crippen LogP contribution in [0.5, 0.6) is 5.75 Å². The first-order chi connectivity index (χ1) is 9.63. The second-order valence-corrected chi connectivity index (χ2v) is 5.31. The van der Waals surface area contributed by atoms with Gasteiger partial charge in [0.15, 0.2) is 0 Å². The molecule has 0 spiro atoms. The van der Waals surface area contributed by atoms with Gasteiger partial charge in [0.2, 0.25) is 0 Å². The molecule has 0 unspecified atom stereocenters. The summed E-state index contributed by atoms with van der Waals surface area (Å²) in [6.07, 6.45) is 4.59. The van der Waals surface area contributed by atoms with Crippen LogP contribution in [0.15, 0.2) is 18.2 Å². The third-order valence-electron chi connectivity index (χ3n) is 3.89. The Hall–Kier alpha value is -1.97. The molecule has 2 rings (SSSR count). The van der Waals surface area contributed by atoms with Crippen molar-refractivity contribution >= 4 is 18.5 Å². The van der Waals surface area contributed by atoms with Crippen molar-refractivity contribution in [3.63, 3.8) is 0 Å². The van der Waals surface area contributed by atoms with Crippen molar-refractivity contribution in [1.82, 2.24) is 0 Å². The van der Waals surface area contributed by atoms with Gasteiger partial charge in [0.25, 0.3) is 0 Å². The second kappa shape index (κ2) is 6.46. The van der Waals surface area contributed by atoms with Crippen LogP contribution in [-0.2, 0) is 9.59 Å². The normalized spacial score (nSPS) is 22.1. The van der Waals surface area contributed by atoms with Crippen LogP contribution < -0.4 is 4.74 Å². The van der Waals surface area contributed by atoms with Gasteiger partial charge in [-0.3, -0.25) is 9.59 Å². The van der Waals surface area contributed by atoms with Crippen LogP contribution >= 0.6 is 0 Å². The lowest BCUT2D eigenvalue weighted by Gasteiger charge is -2.23. The Morgan fingerprint density at radius 1 is 1.20 bits per heavy atom. The van der Waals surface area contributed by atoms with Gasteiger partial charge < -0.3 is 9.53 Å². The van der Waals surface area contributed by atoms with E-state index < -0.39 is 0 Å². The van der Waals surface area contributed by atoms with E-state index >= 15 is 0 Å². The van der Waals surface area contributed by atoms with Crippen LogP contribution in [0.3, 0.4) is 0 Å². The van der Waals surface area contributed by atoms with Crippen LogP contribution in [0.4, 0.5) is 0 Å². The fourth-order valence-corrected chi connectivity index (χ4v) is 2.50. The molecule has 0 radical (unpaired) electrons. The molecule has 0 N–H and O–H groups in total. The third kappa shape index (κ3) is 3.32. The van der Waals surface area contributed by atoms with Gasteiger partial charge in [0.1, 0.15) is 18.3 Å². The highest BCUT2D eigenvalue weighted by Crippen LogP contribution is 2.29. The first-order valence-corrected chi connectivity index (χ1v) is 6.87. The van der Waals surface area contributed by atoms with Crippen molar-refractivity contribution in [1.29, 1.82) is 0 Å². The summed E-state index contributed by atoms with van der Waals surface area (Å²) in [4.78, 5) is 33.6. The Morgan fingerprint density at radius 3 is 2.50 bits per heavy atom. The monoisotopic (exact) mass is 274 g/mol. The molecule has 0 atom stereocenters. The average Bonchev–Trinajstić information content (AvgIpc) is 2.49. The minimum absolute atomic E-state index is 0.0834. The third-order valence-corrected chi connectivity index (χ3v) is 3.89. The van der Waals surface area contributed by atoms with Crippen molar-refractivity contribution < 1.29 is 19.1 Å². The summed E-state index contributed by atoms with van der Waals surface area (Å²) in [7, 11) is 0. The summed E-state index contributed by atoms with van der Waals surface area (Å²) in [6.45, 7) is 1.83. The average molecular weight is 274 g/mol. The number of carbonyl (C=O) groups is 3. The number of ether oxygens (including phenoxy) is 1. The predicted octanol–water partition coefficient (Wildman–Crippen LogP) is 2.72. The summed E-state index contributed by atoms with van der Waals surface area (Å²) in [6, 6.07) is 5.03. The Morgan fingerprint density at radius 2 is 1.90 bits per heavy atom. The first kappa shape index (κ1) is 14.4. The highest BCUT2D eigenvalue weighted by atomic mass is 16.5. The van der Waals surface area contributed by atoms with Crippen LogP contribution in [0.1, 0.15) is 41.6 Å². The van der Waals surface area contributed by atoms with E-state index in [1.807, 2.05) is 6.92 Å². The van der Waals surface area contributed by atoms with Gasteiger partial charge in [-0.1, -0.05) is 6.07 Å². The standard InChI is InChI=1S/C16H18O4/c1-11-2-7-15(8-14(11)10-18)20-16(19)13-5-3-12(9-17)4-6-13/h2,7-10,12-13H,3-6H2,1H3. The molecule has 4 heteroatoms. The summed E-state index contributed by atoms with van der Waals surface area (Å²) in [5.74, 6) is 0.0718. The highest BCUT2D eigenvalue weighted by molar-refractivity contribution is 5.80. The molecule has 1 saturated carbocycles. The number of rotatable bonds is 4. The Balaban J connectivity index is 1.98. The van der Waals surface area contributed by atoms with E-state index in [9.17, 15) is 14.4 Å². The summed E-state index contributed by atoms with van der Waals surface area (Å²) in [5, 5.41) is 0. The van der Waals surface area contributed by atoms with Crippen LogP contribution in [0, 0.1) is 18.8 Å². The minimum atomic E-state index is -0.268. The number of aryl methyl sites for hydroxylation is 1. The van der Waals surface area contributed by atoms with Crippen LogP contribution in [-0.4, -0.2) is 18.5 Å². The van der Waals surface area contributed by atoms with Gasteiger partial charge in [-0.2, -0.15) is 0 Å². The molecular weight excluding hydrogens is 256 g/mol. The summed E-state index contributed by atoms with van der Waals surface area (Å²) < 4.78 is 5.33. The van der Waals surface area contributed by atoms with Crippen molar-refractivity contribution in [2.75, 3.05) is 0 Å². The molecule has 0 bridgehead atoms. The highest BCUT2D eigenvalue weighted by Gasteiger charge is 2.27. The smallest absolute Gasteiger partial charge is 0.314 e. The zero-order chi connectivity index (χ0) is 14.5. The molecule has 1 aromatic rings. The SMILES string of the molecule is Cc1ccc(OC(=O)C2CCC(C=O)CC2)cc1C=O. The van der Waals surface area contributed by atoms with Gasteiger partial charge in [0.05, 0.1) is 5.92 Å². The first-order valence-electron chi connectivity index (χ1n) is 6.87. The second-order valence-electron chi connectivity index (χ2n) is 5.31. The summed E-state index contributed by atoms with van der Waals surface area (Å²) >= 11 is 0. The van der Waals surface area contributed by atoms with E-state index in [1.54, 1.807) is 18.2 Å². The van der Waals surface area contributed by atoms with Crippen molar-refractivity contribution in [2.45, 2.75) is 32.6 Å². The van der Waals surface area contributed by atoms with Gasteiger partial charge in [0, 0.05) is 11.5 Å². The molecule has 0 aliphatic heterocycles. The molecule has 0 heterocycles. The molecule has 1 aliphatic carbocycles. The number of aldehydes is 2. The molecule has 0 amide bonds. The Labute approximate surface area is 118 Å². The van der Waals surface area contributed by atoms with Gasteiger partial charge in [-0.15, -0.1) is 0 Å². The molecule has 1 fully saturated rings. The quantitative estimate of drug-likeness (QED) is 0.481. The van der Waals surface area contributed by atoms with Crippen LogP contribution in [0.25, 0.3) is 0 Å². The number of benzene rings is 1. The maximum Gasteiger partial charge on any atom is 0.314 e. The molecule has 1 aromatic carbocycles. The maximum atomic E-state index is 12.0. The molecule has 20 heavy (non-hydrogen) atoms. The minimum Gasteiger partial charge on any atom is -0.426 e. The molecule has 0 aromatic heterocycles. The van der Waals surface area contributed by atoms with E-state index in [0.29, 0.717) is 24.2 Å². The van der Waals surface area contributed by atoms with Crippen LogP contribution in [0.2, 0.25) is 0 Å². The lowest BCUT2D eigenvalue weighted by Crippen LogP contribution is -2.26. The number of esters is 1. The van der Waals surface area contributed by atoms with Gasteiger partial charge in [-0.25, -0.2) is 0 Å². The van der Waals surface area contributed by atoms with E-state index in [0.717, 1.165) is 31.0 Å². The summed E-state index contributed by atoms with van der Waals surface area (Å²) in [5.41, 5.74) is 1.38. The van der Waals surface area contributed by atoms with Crippen molar-refractivity contribution in [3.05, 3.63) is 29.3 Å². The van der Waals surface area contributed by atoms with E-state index in [-0.39, 0.29) is 17.8 Å². The fourth-order valence-electron chi connectivity index (χ4n) is 2.50. The van der Waals surface area contributed by atoms with Gasteiger partial charge in [-0.05, 0) is 50.3 Å². The predicted molar refractivity (Wildman–Crippen MR) is 73.7 cm³/mol. The Kier molecular flexibility index (Phi) is 4.66. The van der Waals surface area contributed by atoms with Crippen molar-refractivity contribution in [2.24, 2.45) is 11.8 Å². The molecule has 106 valence electrons. The van der Waals surface area contributed by atoms with E-state index in [2.05, 4.69) is 0 Å². The zero-order valence-corrected chi connectivity index (χ0v) is 11.5. The number of hydrogen-bond donors (Lipinski definition) is 0. The molecular formula is C16H18O4. The largest absolute Gasteiger partial charge is 0.426 e. The maximum absolute atomic E-state index is 12.0. The lowest BCUT2D eigenvalue weighted by molar-refractivity contribution is -0.140. The number of hydrogen-bond acceptors (Lipinski definition) is 4. The van der Waals surface area contributed by atoms with Crippen molar-refractivity contribution in [3.8, 4) is 5.75 Å². The Bertz CT molecular complexity index is 513. The molecule has 4 nitrogen and oxygen atoms in total. The molecule has 0 saturated heterocycles. The molecule has 1 aliphatic rings. The van der Waals surface area contributed by atoms with E-state index in [1.165, 1.54) is 0 Å². The van der Waals surface area contributed by atoms with Gasteiger partial charge >= 0.3 is 5.97 Å². The topological polar surface area (TPSA) is 60.4 Å². The fraction of sp³-hybridized carbons (Fsp3) is 0.438. The van der Waals surface area contributed by atoms with E-state index in [4.69, 9.17) is 4.74 Å². The number of carbonyl (C=O) groups excluding carboxylic acids is 3.